The lowest BCUT2D eigenvalue weighted by Gasteiger charge is -2.07. The van der Waals surface area contributed by atoms with Gasteiger partial charge in [0, 0.05) is 26.9 Å². The van der Waals surface area contributed by atoms with Crippen LogP contribution >= 0.6 is 23.4 Å². The second kappa shape index (κ2) is 8.24. The zero-order chi connectivity index (χ0) is 17.6. The van der Waals surface area contributed by atoms with E-state index in [0.717, 1.165) is 5.75 Å². The maximum absolute atomic E-state index is 12.3. The first-order valence-corrected chi connectivity index (χ1v) is 9.32. The maximum Gasteiger partial charge on any atom is 0.255 e. The van der Waals surface area contributed by atoms with Gasteiger partial charge in [-0.05, 0) is 55.0 Å². The van der Waals surface area contributed by atoms with E-state index in [1.807, 2.05) is 36.4 Å². The number of anilines is 1. The molecule has 0 bridgehead atoms. The summed E-state index contributed by atoms with van der Waals surface area (Å²) >= 11 is 7.72. The zero-order valence-corrected chi connectivity index (χ0v) is 15.4. The number of hydrogen-bond acceptors (Lipinski definition) is 2. The molecule has 0 aromatic heterocycles. The molecule has 0 heterocycles. The van der Waals surface area contributed by atoms with E-state index in [0.29, 0.717) is 16.3 Å². The van der Waals surface area contributed by atoms with Crippen molar-refractivity contribution in [2.24, 2.45) is 0 Å². The molecule has 3 rings (SSSR count). The standard InChI is InChI=1S/C21H18ClNOS/c1-15-5-11-20(12-6-15)25-14-16-7-9-17(10-8-16)21(24)23-19-4-2-3-18(22)13-19/h2-13H,14H2,1H3,(H,23,24). The van der Waals surface area contributed by atoms with Crippen molar-refractivity contribution in [2.45, 2.75) is 17.6 Å². The first-order chi connectivity index (χ1) is 12.1. The van der Waals surface area contributed by atoms with Crippen LogP contribution in [0.1, 0.15) is 21.5 Å². The summed E-state index contributed by atoms with van der Waals surface area (Å²) < 4.78 is 0. The number of rotatable bonds is 5. The van der Waals surface area contributed by atoms with Gasteiger partial charge in [-0.1, -0.05) is 47.5 Å². The number of amides is 1. The summed E-state index contributed by atoms with van der Waals surface area (Å²) in [6.45, 7) is 2.08. The first-order valence-electron chi connectivity index (χ1n) is 7.95. The summed E-state index contributed by atoms with van der Waals surface area (Å²) in [6.07, 6.45) is 0. The maximum atomic E-state index is 12.3. The Hall–Kier alpha value is -2.23. The lowest BCUT2D eigenvalue weighted by molar-refractivity contribution is 0.102. The normalized spacial score (nSPS) is 10.5. The second-order valence-electron chi connectivity index (χ2n) is 5.76. The molecule has 0 unspecified atom stereocenters. The van der Waals surface area contributed by atoms with Crippen LogP contribution in [-0.4, -0.2) is 5.91 Å². The van der Waals surface area contributed by atoms with Crippen molar-refractivity contribution in [2.75, 3.05) is 5.32 Å². The minimum atomic E-state index is -0.139. The molecule has 25 heavy (non-hydrogen) atoms. The van der Waals surface area contributed by atoms with Crippen LogP contribution in [0.4, 0.5) is 5.69 Å². The SMILES string of the molecule is Cc1ccc(SCc2ccc(C(=O)Nc3cccc(Cl)c3)cc2)cc1. The number of halogens is 1. The van der Waals surface area contributed by atoms with Crippen molar-refractivity contribution in [1.82, 2.24) is 0 Å². The van der Waals surface area contributed by atoms with Gasteiger partial charge in [-0.15, -0.1) is 11.8 Å². The average Bonchev–Trinajstić information content (AvgIpc) is 2.62. The van der Waals surface area contributed by atoms with Crippen LogP contribution < -0.4 is 5.32 Å². The largest absolute Gasteiger partial charge is 0.322 e. The second-order valence-corrected chi connectivity index (χ2v) is 7.25. The van der Waals surface area contributed by atoms with Gasteiger partial charge in [0.2, 0.25) is 0 Å². The summed E-state index contributed by atoms with van der Waals surface area (Å²) in [4.78, 5) is 13.5. The van der Waals surface area contributed by atoms with Gasteiger partial charge in [0.05, 0.1) is 0 Å². The van der Waals surface area contributed by atoms with Gasteiger partial charge in [0.15, 0.2) is 0 Å². The Morgan fingerprint density at radius 1 is 1.00 bits per heavy atom. The van der Waals surface area contributed by atoms with E-state index in [1.165, 1.54) is 16.0 Å². The zero-order valence-electron chi connectivity index (χ0n) is 13.8. The Morgan fingerprint density at radius 3 is 2.40 bits per heavy atom. The molecule has 0 saturated carbocycles. The van der Waals surface area contributed by atoms with E-state index < -0.39 is 0 Å². The van der Waals surface area contributed by atoms with Gasteiger partial charge in [-0.2, -0.15) is 0 Å². The van der Waals surface area contributed by atoms with Crippen LogP contribution in [-0.2, 0) is 5.75 Å². The van der Waals surface area contributed by atoms with Crippen LogP contribution in [0.5, 0.6) is 0 Å². The molecule has 0 aliphatic rings. The number of thioether (sulfide) groups is 1. The third-order valence-electron chi connectivity index (χ3n) is 3.73. The van der Waals surface area contributed by atoms with Crippen molar-refractivity contribution in [3.8, 4) is 0 Å². The molecule has 0 spiro atoms. The lowest BCUT2D eigenvalue weighted by atomic mass is 10.1. The highest BCUT2D eigenvalue weighted by atomic mass is 35.5. The quantitative estimate of drug-likeness (QED) is 0.544. The Labute approximate surface area is 157 Å². The fourth-order valence-electron chi connectivity index (χ4n) is 2.32. The molecule has 1 amide bonds. The highest BCUT2D eigenvalue weighted by molar-refractivity contribution is 7.98. The fraction of sp³-hybridized carbons (Fsp3) is 0.0952. The van der Waals surface area contributed by atoms with E-state index in [9.17, 15) is 4.79 Å². The number of carbonyl (C=O) groups excluding carboxylic acids is 1. The minimum Gasteiger partial charge on any atom is -0.322 e. The molecule has 1 N–H and O–H groups in total. The summed E-state index contributed by atoms with van der Waals surface area (Å²) in [5, 5.41) is 3.45. The van der Waals surface area contributed by atoms with E-state index in [4.69, 9.17) is 11.6 Å². The Morgan fingerprint density at radius 2 is 1.72 bits per heavy atom. The van der Waals surface area contributed by atoms with E-state index in [2.05, 4.69) is 36.5 Å². The van der Waals surface area contributed by atoms with Gasteiger partial charge < -0.3 is 5.32 Å². The molecule has 0 aliphatic carbocycles. The summed E-state index contributed by atoms with van der Waals surface area (Å²) in [7, 11) is 0. The van der Waals surface area contributed by atoms with E-state index in [1.54, 1.807) is 23.9 Å². The molecule has 3 aromatic rings. The van der Waals surface area contributed by atoms with Crippen LogP contribution in [0.25, 0.3) is 0 Å². The molecule has 3 aromatic carbocycles. The highest BCUT2D eigenvalue weighted by Crippen LogP contribution is 2.23. The number of nitrogens with one attached hydrogen (secondary N) is 1. The highest BCUT2D eigenvalue weighted by Gasteiger charge is 2.06. The summed E-state index contributed by atoms with van der Waals surface area (Å²) in [6, 6.07) is 23.3. The molecule has 2 nitrogen and oxygen atoms in total. The minimum absolute atomic E-state index is 0.139. The van der Waals surface area contributed by atoms with Crippen LogP contribution in [0.3, 0.4) is 0 Å². The van der Waals surface area contributed by atoms with Gasteiger partial charge in [0.25, 0.3) is 5.91 Å². The number of benzene rings is 3. The molecule has 0 fully saturated rings. The molecular formula is C21H18ClNOS. The predicted molar refractivity (Wildman–Crippen MR) is 107 cm³/mol. The predicted octanol–water partition coefficient (Wildman–Crippen LogP) is 6.19. The van der Waals surface area contributed by atoms with Crippen LogP contribution in [0.2, 0.25) is 5.02 Å². The fourth-order valence-corrected chi connectivity index (χ4v) is 3.37. The molecule has 0 saturated heterocycles. The molecule has 0 aliphatic heterocycles. The Kier molecular flexibility index (Phi) is 5.79. The van der Waals surface area contributed by atoms with Gasteiger partial charge in [0.1, 0.15) is 0 Å². The van der Waals surface area contributed by atoms with Crippen molar-refractivity contribution >= 4 is 35.0 Å². The van der Waals surface area contributed by atoms with E-state index in [-0.39, 0.29) is 5.91 Å². The monoisotopic (exact) mass is 367 g/mol. The molecular weight excluding hydrogens is 350 g/mol. The lowest BCUT2D eigenvalue weighted by Crippen LogP contribution is -2.11. The van der Waals surface area contributed by atoms with Crippen molar-refractivity contribution < 1.29 is 4.79 Å². The molecule has 0 atom stereocenters. The smallest absolute Gasteiger partial charge is 0.255 e. The van der Waals surface area contributed by atoms with Crippen LogP contribution in [0.15, 0.2) is 77.7 Å². The molecule has 4 heteroatoms. The van der Waals surface area contributed by atoms with Gasteiger partial charge in [-0.3, -0.25) is 4.79 Å². The molecule has 126 valence electrons. The Bertz CT molecular complexity index is 860. The number of hydrogen-bond donors (Lipinski definition) is 1. The van der Waals surface area contributed by atoms with Gasteiger partial charge >= 0.3 is 0 Å². The number of aryl methyl sites for hydroxylation is 1. The number of carbonyl (C=O) groups is 1. The Balaban J connectivity index is 1.59. The van der Waals surface area contributed by atoms with Crippen molar-refractivity contribution in [1.29, 1.82) is 0 Å². The topological polar surface area (TPSA) is 29.1 Å². The average molecular weight is 368 g/mol. The third-order valence-corrected chi connectivity index (χ3v) is 5.04. The van der Waals surface area contributed by atoms with E-state index >= 15 is 0 Å². The van der Waals surface area contributed by atoms with Crippen molar-refractivity contribution in [3.05, 3.63) is 94.5 Å². The molecule has 0 radical (unpaired) electrons. The van der Waals surface area contributed by atoms with Gasteiger partial charge in [-0.25, -0.2) is 0 Å². The summed E-state index contributed by atoms with van der Waals surface area (Å²) in [5.74, 6) is 0.735. The van der Waals surface area contributed by atoms with Crippen LogP contribution in [0, 0.1) is 6.92 Å². The third kappa shape index (κ3) is 5.12. The van der Waals surface area contributed by atoms with Crippen molar-refractivity contribution in [3.63, 3.8) is 0 Å². The summed E-state index contributed by atoms with van der Waals surface area (Å²) in [5.41, 5.74) is 3.77. The first kappa shape index (κ1) is 17.6.